The fourth-order valence-electron chi connectivity index (χ4n) is 0.516. The lowest BCUT2D eigenvalue weighted by Gasteiger charge is -1.83. The van der Waals surface area contributed by atoms with Crippen LogP contribution in [0.4, 0.5) is 0 Å². The van der Waals surface area contributed by atoms with Crippen molar-refractivity contribution in [3.63, 3.8) is 0 Å². The van der Waals surface area contributed by atoms with Crippen LogP contribution < -0.4 is 0 Å². The molecule has 0 aliphatic carbocycles. The molecule has 0 aliphatic heterocycles. The first-order valence-corrected chi connectivity index (χ1v) is 3.59. The van der Waals surface area contributed by atoms with Gasteiger partial charge in [-0.25, -0.2) is 0 Å². The van der Waals surface area contributed by atoms with Gasteiger partial charge in [-0.05, 0) is 28.5 Å². The van der Waals surface area contributed by atoms with Crippen LogP contribution in [0.3, 0.4) is 0 Å². The average molecular weight is 140 g/mol. The summed E-state index contributed by atoms with van der Waals surface area (Å²) in [6.07, 6.45) is 3.60. The number of hydrogen-bond acceptors (Lipinski definition) is 2. The second-order valence-electron chi connectivity index (χ2n) is 1.60. The first kappa shape index (κ1) is 6.36. The Morgan fingerprint density at radius 2 is 2.56 bits per heavy atom. The third-order valence-corrected chi connectivity index (χ3v) is 1.64. The van der Waals surface area contributed by atoms with Gasteiger partial charge in [-0.1, -0.05) is 0 Å². The molecule has 0 N–H and O–H groups in total. The molecule has 2 heteroatoms. The van der Waals surface area contributed by atoms with Gasteiger partial charge in [-0.15, -0.1) is 0 Å². The Morgan fingerprint density at radius 1 is 1.67 bits per heavy atom. The zero-order valence-corrected chi connectivity index (χ0v) is 6.02. The standard InChI is InChI=1S/C7H8OS/c1-8-4-2-7-3-5-9-6-7/h2-6H,1H3. The summed E-state index contributed by atoms with van der Waals surface area (Å²) in [4.78, 5) is 0. The van der Waals surface area contributed by atoms with Crippen LogP contribution in [0.25, 0.3) is 6.08 Å². The summed E-state index contributed by atoms with van der Waals surface area (Å²) in [6.45, 7) is 0. The molecule has 0 radical (unpaired) electrons. The largest absolute Gasteiger partial charge is 0.504 e. The van der Waals surface area contributed by atoms with E-state index in [1.807, 2.05) is 17.5 Å². The van der Waals surface area contributed by atoms with Gasteiger partial charge in [0.15, 0.2) is 0 Å². The van der Waals surface area contributed by atoms with Gasteiger partial charge >= 0.3 is 0 Å². The van der Waals surface area contributed by atoms with Crippen molar-refractivity contribution in [2.45, 2.75) is 0 Å². The molecular weight excluding hydrogens is 132 g/mol. The molecule has 0 amide bonds. The molecule has 0 unspecified atom stereocenters. The lowest BCUT2D eigenvalue weighted by molar-refractivity contribution is 0.341. The quantitative estimate of drug-likeness (QED) is 0.573. The second-order valence-corrected chi connectivity index (χ2v) is 2.38. The maximum absolute atomic E-state index is 4.74. The third kappa shape index (κ3) is 1.90. The molecule has 0 atom stereocenters. The molecule has 1 aromatic rings. The van der Waals surface area contributed by atoms with Gasteiger partial charge in [0.05, 0.1) is 13.4 Å². The maximum atomic E-state index is 4.74. The van der Waals surface area contributed by atoms with Crippen molar-refractivity contribution in [1.29, 1.82) is 0 Å². The van der Waals surface area contributed by atoms with Crippen LogP contribution in [-0.2, 0) is 4.74 Å². The summed E-state index contributed by atoms with van der Waals surface area (Å²) in [7, 11) is 1.64. The van der Waals surface area contributed by atoms with Gasteiger partial charge in [0.25, 0.3) is 0 Å². The molecule has 0 fully saturated rings. The first-order valence-electron chi connectivity index (χ1n) is 2.65. The molecule has 0 saturated carbocycles. The summed E-state index contributed by atoms with van der Waals surface area (Å²) in [5.74, 6) is 0. The van der Waals surface area contributed by atoms with Crippen molar-refractivity contribution >= 4 is 17.4 Å². The van der Waals surface area contributed by atoms with E-state index in [-0.39, 0.29) is 0 Å². The van der Waals surface area contributed by atoms with E-state index < -0.39 is 0 Å². The lowest BCUT2D eigenvalue weighted by Crippen LogP contribution is -1.63. The molecule has 0 spiro atoms. The number of hydrogen-bond donors (Lipinski definition) is 0. The highest BCUT2D eigenvalue weighted by Crippen LogP contribution is 2.06. The highest BCUT2D eigenvalue weighted by molar-refractivity contribution is 7.08. The Hall–Kier alpha value is -0.760. The van der Waals surface area contributed by atoms with Gasteiger partial charge in [-0.3, -0.25) is 0 Å². The third-order valence-electron chi connectivity index (χ3n) is 0.940. The summed E-state index contributed by atoms with van der Waals surface area (Å²) in [5.41, 5.74) is 1.20. The van der Waals surface area contributed by atoms with Crippen molar-refractivity contribution in [2.75, 3.05) is 7.11 Å². The van der Waals surface area contributed by atoms with Crippen molar-refractivity contribution in [3.05, 3.63) is 28.7 Å². The van der Waals surface area contributed by atoms with Crippen LogP contribution in [0.15, 0.2) is 23.1 Å². The van der Waals surface area contributed by atoms with Crippen molar-refractivity contribution < 1.29 is 4.74 Å². The van der Waals surface area contributed by atoms with Gasteiger partial charge in [0, 0.05) is 0 Å². The van der Waals surface area contributed by atoms with Gasteiger partial charge in [-0.2, -0.15) is 11.3 Å². The van der Waals surface area contributed by atoms with Crippen molar-refractivity contribution in [3.8, 4) is 0 Å². The number of ether oxygens (including phenoxy) is 1. The summed E-state index contributed by atoms with van der Waals surface area (Å²) in [5, 5.41) is 4.10. The van der Waals surface area contributed by atoms with Crippen LogP contribution in [-0.4, -0.2) is 7.11 Å². The predicted molar refractivity (Wildman–Crippen MR) is 40.4 cm³/mol. The maximum Gasteiger partial charge on any atom is 0.0830 e. The molecule has 1 heterocycles. The molecule has 0 aromatic carbocycles. The second kappa shape index (κ2) is 3.30. The lowest BCUT2D eigenvalue weighted by atomic mass is 10.3. The minimum Gasteiger partial charge on any atom is -0.504 e. The highest BCUT2D eigenvalue weighted by atomic mass is 32.1. The molecule has 48 valence electrons. The SMILES string of the molecule is COC=Cc1ccsc1. The molecule has 1 rings (SSSR count). The fraction of sp³-hybridized carbons (Fsp3) is 0.143. The normalized spacial score (nSPS) is 10.3. The van der Waals surface area contributed by atoms with E-state index in [9.17, 15) is 0 Å². The zero-order valence-electron chi connectivity index (χ0n) is 5.20. The minimum atomic E-state index is 1.20. The van der Waals surface area contributed by atoms with Crippen LogP contribution >= 0.6 is 11.3 Å². The Kier molecular flexibility index (Phi) is 2.33. The van der Waals surface area contributed by atoms with E-state index in [0.29, 0.717) is 0 Å². The average Bonchev–Trinajstić information content (AvgIpc) is 2.34. The Bertz CT molecular complexity index is 177. The van der Waals surface area contributed by atoms with Crippen LogP contribution in [0.5, 0.6) is 0 Å². The molecule has 0 aliphatic rings. The first-order chi connectivity index (χ1) is 4.43. The smallest absolute Gasteiger partial charge is 0.0830 e. The highest BCUT2D eigenvalue weighted by Gasteiger charge is 1.81. The van der Waals surface area contributed by atoms with E-state index in [0.717, 1.165) is 0 Å². The summed E-state index contributed by atoms with van der Waals surface area (Å²) in [6, 6.07) is 2.04. The number of thiophene rings is 1. The predicted octanol–water partition coefficient (Wildman–Crippen LogP) is 2.37. The molecule has 9 heavy (non-hydrogen) atoms. The van der Waals surface area contributed by atoms with Crippen molar-refractivity contribution in [2.24, 2.45) is 0 Å². The van der Waals surface area contributed by atoms with E-state index in [4.69, 9.17) is 4.74 Å². The molecule has 1 nitrogen and oxygen atoms in total. The summed E-state index contributed by atoms with van der Waals surface area (Å²) < 4.78 is 4.74. The van der Waals surface area contributed by atoms with E-state index in [1.165, 1.54) is 5.56 Å². The molecule has 0 saturated heterocycles. The molecule has 0 bridgehead atoms. The summed E-state index contributed by atoms with van der Waals surface area (Å²) >= 11 is 1.68. The van der Waals surface area contributed by atoms with E-state index in [1.54, 1.807) is 24.7 Å². The van der Waals surface area contributed by atoms with E-state index in [2.05, 4.69) is 5.38 Å². The van der Waals surface area contributed by atoms with Gasteiger partial charge in [0.2, 0.25) is 0 Å². The van der Waals surface area contributed by atoms with Gasteiger partial charge < -0.3 is 4.74 Å². The van der Waals surface area contributed by atoms with E-state index >= 15 is 0 Å². The monoisotopic (exact) mass is 140 g/mol. The van der Waals surface area contributed by atoms with Crippen molar-refractivity contribution in [1.82, 2.24) is 0 Å². The number of rotatable bonds is 2. The number of methoxy groups -OCH3 is 1. The van der Waals surface area contributed by atoms with Crippen LogP contribution in [0.1, 0.15) is 5.56 Å². The van der Waals surface area contributed by atoms with Gasteiger partial charge in [0.1, 0.15) is 0 Å². The van der Waals surface area contributed by atoms with Crippen LogP contribution in [0.2, 0.25) is 0 Å². The molecular formula is C7H8OS. The minimum absolute atomic E-state index is 1.20. The Labute approximate surface area is 58.6 Å². The Morgan fingerprint density at radius 3 is 3.11 bits per heavy atom. The zero-order chi connectivity index (χ0) is 6.53. The van der Waals surface area contributed by atoms with Crippen LogP contribution in [0, 0.1) is 0 Å². The molecule has 1 aromatic heterocycles. The fourth-order valence-corrected chi connectivity index (χ4v) is 1.14. The Balaban J connectivity index is 2.57. The topological polar surface area (TPSA) is 9.23 Å².